The fourth-order valence-electron chi connectivity index (χ4n) is 2.90. The highest BCUT2D eigenvalue weighted by atomic mass is 16.5. The van der Waals surface area contributed by atoms with Crippen LogP contribution in [0.25, 0.3) is 0 Å². The molecule has 1 aliphatic rings. The predicted molar refractivity (Wildman–Crippen MR) is 81.8 cm³/mol. The van der Waals surface area contributed by atoms with Crippen LogP contribution >= 0.6 is 0 Å². The lowest BCUT2D eigenvalue weighted by atomic mass is 9.86. The third-order valence-electron chi connectivity index (χ3n) is 4.16. The van der Waals surface area contributed by atoms with E-state index in [2.05, 4.69) is 24.9 Å². The standard InChI is InChI=1S/C16H26N2O/c1-4-19-16-10-13(17)9-15(11-16)18(3)14-7-5-12(2)6-8-14/h9-12,14H,4-8,17H2,1-3H3. The summed E-state index contributed by atoms with van der Waals surface area (Å²) in [6.07, 6.45) is 5.21. The van der Waals surface area contributed by atoms with Crippen molar-refractivity contribution in [1.82, 2.24) is 0 Å². The summed E-state index contributed by atoms with van der Waals surface area (Å²) in [6.45, 7) is 5.02. The van der Waals surface area contributed by atoms with Crippen LogP contribution in [-0.4, -0.2) is 19.7 Å². The highest BCUT2D eigenvalue weighted by Crippen LogP contribution is 2.32. The van der Waals surface area contributed by atoms with Crippen molar-refractivity contribution in [1.29, 1.82) is 0 Å². The zero-order valence-corrected chi connectivity index (χ0v) is 12.4. The van der Waals surface area contributed by atoms with Crippen molar-refractivity contribution in [2.75, 3.05) is 24.3 Å². The molecule has 2 rings (SSSR count). The quantitative estimate of drug-likeness (QED) is 0.841. The van der Waals surface area contributed by atoms with Crippen molar-refractivity contribution >= 4 is 11.4 Å². The molecule has 1 aromatic carbocycles. The van der Waals surface area contributed by atoms with E-state index in [0.717, 1.165) is 17.4 Å². The number of ether oxygens (including phenoxy) is 1. The van der Waals surface area contributed by atoms with Crippen LogP contribution in [-0.2, 0) is 0 Å². The van der Waals surface area contributed by atoms with E-state index in [1.165, 1.54) is 31.4 Å². The average Bonchev–Trinajstić information content (AvgIpc) is 2.38. The van der Waals surface area contributed by atoms with Crippen LogP contribution < -0.4 is 15.4 Å². The molecule has 1 aromatic rings. The van der Waals surface area contributed by atoms with Gasteiger partial charge in [0.15, 0.2) is 0 Å². The Morgan fingerprint density at radius 1 is 1.21 bits per heavy atom. The van der Waals surface area contributed by atoms with Gasteiger partial charge < -0.3 is 15.4 Å². The van der Waals surface area contributed by atoms with E-state index >= 15 is 0 Å². The van der Waals surface area contributed by atoms with Crippen molar-refractivity contribution in [3.8, 4) is 5.75 Å². The van der Waals surface area contributed by atoms with Gasteiger partial charge >= 0.3 is 0 Å². The van der Waals surface area contributed by atoms with E-state index < -0.39 is 0 Å². The van der Waals surface area contributed by atoms with E-state index in [0.29, 0.717) is 12.6 Å². The number of benzene rings is 1. The third-order valence-corrected chi connectivity index (χ3v) is 4.16. The van der Waals surface area contributed by atoms with E-state index in [9.17, 15) is 0 Å². The van der Waals surface area contributed by atoms with Gasteiger partial charge in [-0.05, 0) is 44.6 Å². The number of anilines is 2. The van der Waals surface area contributed by atoms with Crippen LogP contribution in [0.5, 0.6) is 5.75 Å². The molecule has 106 valence electrons. The van der Waals surface area contributed by atoms with Gasteiger partial charge in [-0.2, -0.15) is 0 Å². The molecule has 3 nitrogen and oxygen atoms in total. The number of nitrogens with zero attached hydrogens (tertiary/aromatic N) is 1. The lowest BCUT2D eigenvalue weighted by Gasteiger charge is -2.35. The number of hydrogen-bond donors (Lipinski definition) is 1. The molecule has 0 heterocycles. The summed E-state index contributed by atoms with van der Waals surface area (Å²) in [5.74, 6) is 1.75. The van der Waals surface area contributed by atoms with Crippen LogP contribution in [0.4, 0.5) is 11.4 Å². The largest absolute Gasteiger partial charge is 0.494 e. The molecule has 1 saturated carbocycles. The van der Waals surface area contributed by atoms with E-state index in [1.54, 1.807) is 0 Å². The first-order chi connectivity index (χ1) is 9.10. The van der Waals surface area contributed by atoms with Crippen LogP contribution in [0, 0.1) is 5.92 Å². The fraction of sp³-hybridized carbons (Fsp3) is 0.625. The minimum absolute atomic E-state index is 0.632. The Morgan fingerprint density at radius 3 is 2.53 bits per heavy atom. The molecule has 3 heteroatoms. The first-order valence-electron chi connectivity index (χ1n) is 7.36. The Hall–Kier alpha value is -1.38. The lowest BCUT2D eigenvalue weighted by Crippen LogP contribution is -2.34. The van der Waals surface area contributed by atoms with Crippen LogP contribution in [0.2, 0.25) is 0 Å². The number of nitrogens with two attached hydrogens (primary N) is 1. The molecule has 19 heavy (non-hydrogen) atoms. The topological polar surface area (TPSA) is 38.5 Å². The number of nitrogen functional groups attached to an aromatic ring is 1. The Balaban J connectivity index is 2.11. The summed E-state index contributed by atoms with van der Waals surface area (Å²) in [5, 5.41) is 0. The number of hydrogen-bond acceptors (Lipinski definition) is 3. The summed E-state index contributed by atoms with van der Waals surface area (Å²) in [4.78, 5) is 2.37. The maximum Gasteiger partial charge on any atom is 0.123 e. The van der Waals surface area contributed by atoms with Crippen molar-refractivity contribution in [3.05, 3.63) is 18.2 Å². The minimum atomic E-state index is 0.632. The Bertz CT molecular complexity index is 411. The first kappa shape index (κ1) is 14.0. The lowest BCUT2D eigenvalue weighted by molar-refractivity contribution is 0.336. The Labute approximate surface area is 116 Å². The molecule has 0 radical (unpaired) electrons. The van der Waals surface area contributed by atoms with Crippen LogP contribution in [0.3, 0.4) is 0 Å². The molecular formula is C16H26N2O. The van der Waals surface area contributed by atoms with Gasteiger partial charge in [0.05, 0.1) is 6.61 Å². The molecule has 0 spiro atoms. The van der Waals surface area contributed by atoms with Gasteiger partial charge in [-0.1, -0.05) is 6.92 Å². The zero-order chi connectivity index (χ0) is 13.8. The summed E-state index contributed by atoms with van der Waals surface area (Å²) >= 11 is 0. The predicted octanol–water partition coefficient (Wildman–Crippen LogP) is 3.68. The van der Waals surface area contributed by atoms with E-state index in [4.69, 9.17) is 10.5 Å². The normalized spacial score (nSPS) is 23.1. The third kappa shape index (κ3) is 3.55. The molecule has 1 fully saturated rings. The van der Waals surface area contributed by atoms with Gasteiger partial charge in [-0.3, -0.25) is 0 Å². The van der Waals surface area contributed by atoms with E-state index in [-0.39, 0.29) is 0 Å². The summed E-state index contributed by atoms with van der Waals surface area (Å²) < 4.78 is 5.58. The van der Waals surface area contributed by atoms with Crippen molar-refractivity contribution in [2.24, 2.45) is 5.92 Å². The van der Waals surface area contributed by atoms with Gasteiger partial charge in [0.25, 0.3) is 0 Å². The molecular weight excluding hydrogens is 236 g/mol. The Kier molecular flexibility index (Phi) is 4.56. The summed E-state index contributed by atoms with van der Waals surface area (Å²) in [5.41, 5.74) is 7.92. The minimum Gasteiger partial charge on any atom is -0.494 e. The zero-order valence-electron chi connectivity index (χ0n) is 12.4. The molecule has 0 unspecified atom stereocenters. The highest BCUT2D eigenvalue weighted by Gasteiger charge is 2.22. The molecule has 0 saturated heterocycles. The summed E-state index contributed by atoms with van der Waals surface area (Å²) in [6, 6.07) is 6.66. The molecule has 0 bridgehead atoms. The van der Waals surface area contributed by atoms with Crippen molar-refractivity contribution in [2.45, 2.75) is 45.6 Å². The molecule has 0 atom stereocenters. The second kappa shape index (κ2) is 6.18. The average molecular weight is 262 g/mol. The fourth-order valence-corrected chi connectivity index (χ4v) is 2.90. The second-order valence-corrected chi connectivity index (χ2v) is 5.72. The molecule has 0 amide bonds. The second-order valence-electron chi connectivity index (χ2n) is 5.72. The monoisotopic (exact) mass is 262 g/mol. The van der Waals surface area contributed by atoms with Crippen LogP contribution in [0.15, 0.2) is 18.2 Å². The smallest absolute Gasteiger partial charge is 0.123 e. The van der Waals surface area contributed by atoms with Gasteiger partial charge in [0.2, 0.25) is 0 Å². The highest BCUT2D eigenvalue weighted by molar-refractivity contribution is 5.60. The van der Waals surface area contributed by atoms with Gasteiger partial charge in [0, 0.05) is 36.6 Å². The van der Waals surface area contributed by atoms with Gasteiger partial charge in [0.1, 0.15) is 5.75 Å². The van der Waals surface area contributed by atoms with Crippen molar-refractivity contribution < 1.29 is 4.74 Å². The van der Waals surface area contributed by atoms with Crippen molar-refractivity contribution in [3.63, 3.8) is 0 Å². The van der Waals surface area contributed by atoms with Gasteiger partial charge in [-0.15, -0.1) is 0 Å². The SMILES string of the molecule is CCOc1cc(N)cc(N(C)C2CCC(C)CC2)c1. The first-order valence-corrected chi connectivity index (χ1v) is 7.36. The molecule has 1 aliphatic carbocycles. The van der Waals surface area contributed by atoms with E-state index in [1.807, 2.05) is 19.1 Å². The Morgan fingerprint density at radius 2 is 1.89 bits per heavy atom. The van der Waals surface area contributed by atoms with Gasteiger partial charge in [-0.25, -0.2) is 0 Å². The summed E-state index contributed by atoms with van der Waals surface area (Å²) in [7, 11) is 2.17. The van der Waals surface area contributed by atoms with Crippen LogP contribution in [0.1, 0.15) is 39.5 Å². The maximum atomic E-state index is 5.97. The molecule has 2 N–H and O–H groups in total. The maximum absolute atomic E-state index is 5.97. The number of rotatable bonds is 4. The molecule has 0 aromatic heterocycles. The molecule has 0 aliphatic heterocycles.